The molecule has 0 radical (unpaired) electrons. The summed E-state index contributed by atoms with van der Waals surface area (Å²) in [6.07, 6.45) is 4.67. The van der Waals surface area contributed by atoms with Crippen LogP contribution in [0.25, 0.3) is 11.0 Å². The SMILES string of the molecule is CS(=O)(=O)Cc1c(C(=O)Nc2cccc(OCCn3cccn3)c2)oc2ccccc12. The number of anilines is 1. The Hall–Kier alpha value is -3.59. The van der Waals surface area contributed by atoms with Crippen LogP contribution < -0.4 is 10.1 Å². The van der Waals surface area contributed by atoms with Crippen molar-refractivity contribution in [2.75, 3.05) is 18.2 Å². The molecule has 2 aromatic carbocycles. The number of sulfone groups is 1. The molecule has 4 aromatic rings. The lowest BCUT2D eigenvalue weighted by molar-refractivity contribution is 0.0998. The van der Waals surface area contributed by atoms with Crippen molar-refractivity contribution in [3.05, 3.63) is 78.3 Å². The summed E-state index contributed by atoms with van der Waals surface area (Å²) in [5.74, 6) is -0.241. The van der Waals surface area contributed by atoms with Gasteiger partial charge in [0.05, 0.1) is 12.3 Å². The quantitative estimate of drug-likeness (QED) is 0.451. The average molecular weight is 439 g/mol. The summed E-state index contributed by atoms with van der Waals surface area (Å²) in [5.41, 5.74) is 1.32. The molecule has 8 nitrogen and oxygen atoms in total. The van der Waals surface area contributed by atoms with Gasteiger partial charge >= 0.3 is 0 Å². The number of benzene rings is 2. The highest BCUT2D eigenvalue weighted by Gasteiger charge is 2.23. The second-order valence-electron chi connectivity index (χ2n) is 7.08. The van der Waals surface area contributed by atoms with E-state index < -0.39 is 15.7 Å². The van der Waals surface area contributed by atoms with E-state index >= 15 is 0 Å². The van der Waals surface area contributed by atoms with E-state index in [1.807, 2.05) is 12.3 Å². The molecule has 1 N–H and O–H groups in total. The number of para-hydroxylation sites is 1. The summed E-state index contributed by atoms with van der Waals surface area (Å²) >= 11 is 0. The molecule has 4 rings (SSSR count). The molecule has 2 aromatic heterocycles. The molecule has 0 unspecified atom stereocenters. The number of rotatable bonds is 8. The van der Waals surface area contributed by atoms with E-state index in [2.05, 4.69) is 10.4 Å². The second-order valence-corrected chi connectivity index (χ2v) is 9.22. The standard InChI is InChI=1S/C22H21N3O5S/c1-31(27,28)15-19-18-8-2-3-9-20(18)30-21(19)22(26)24-16-6-4-7-17(14-16)29-13-12-25-11-5-10-23-25/h2-11,14H,12-13,15H2,1H3,(H,24,26). The van der Waals surface area contributed by atoms with Gasteiger partial charge in [-0.05, 0) is 24.3 Å². The molecule has 0 spiro atoms. The first-order chi connectivity index (χ1) is 14.9. The van der Waals surface area contributed by atoms with Crippen LogP contribution >= 0.6 is 0 Å². The number of nitrogens with one attached hydrogen (secondary N) is 1. The summed E-state index contributed by atoms with van der Waals surface area (Å²) < 4.78 is 37.0. The summed E-state index contributed by atoms with van der Waals surface area (Å²) in [6, 6.07) is 15.8. The fourth-order valence-corrected chi connectivity index (χ4v) is 4.04. The van der Waals surface area contributed by atoms with E-state index in [1.54, 1.807) is 59.4 Å². The van der Waals surface area contributed by atoms with Crippen LogP contribution in [-0.2, 0) is 22.1 Å². The van der Waals surface area contributed by atoms with Crippen LogP contribution in [0, 0.1) is 0 Å². The predicted molar refractivity (Wildman–Crippen MR) is 117 cm³/mol. The van der Waals surface area contributed by atoms with Crippen molar-refractivity contribution in [2.24, 2.45) is 0 Å². The van der Waals surface area contributed by atoms with Gasteiger partial charge in [0.2, 0.25) is 0 Å². The molecule has 0 atom stereocenters. The highest BCUT2D eigenvalue weighted by molar-refractivity contribution is 7.89. The zero-order chi connectivity index (χ0) is 21.8. The molecule has 0 bridgehead atoms. The lowest BCUT2D eigenvalue weighted by atomic mass is 10.1. The third-order valence-electron chi connectivity index (χ3n) is 4.55. The Bertz CT molecular complexity index is 1310. The molecule has 0 aliphatic carbocycles. The Balaban J connectivity index is 1.52. The van der Waals surface area contributed by atoms with Gasteiger partial charge in [-0.2, -0.15) is 5.10 Å². The first kappa shape index (κ1) is 20.7. The highest BCUT2D eigenvalue weighted by atomic mass is 32.2. The van der Waals surface area contributed by atoms with Gasteiger partial charge in [0, 0.05) is 41.4 Å². The number of hydrogen-bond acceptors (Lipinski definition) is 6. The number of ether oxygens (including phenoxy) is 1. The molecule has 0 fully saturated rings. The minimum Gasteiger partial charge on any atom is -0.492 e. The number of fused-ring (bicyclic) bond motifs is 1. The maximum atomic E-state index is 12.9. The van der Waals surface area contributed by atoms with E-state index in [-0.39, 0.29) is 11.5 Å². The Morgan fingerprint density at radius 2 is 2.00 bits per heavy atom. The Morgan fingerprint density at radius 1 is 1.16 bits per heavy atom. The molecule has 0 aliphatic rings. The van der Waals surface area contributed by atoms with Gasteiger partial charge in [0.25, 0.3) is 5.91 Å². The van der Waals surface area contributed by atoms with Crippen LogP contribution in [0.1, 0.15) is 16.1 Å². The number of carbonyl (C=O) groups excluding carboxylic acids is 1. The smallest absolute Gasteiger partial charge is 0.291 e. The average Bonchev–Trinajstić information content (AvgIpc) is 3.36. The van der Waals surface area contributed by atoms with Gasteiger partial charge in [-0.15, -0.1) is 0 Å². The molecular formula is C22H21N3O5S. The lowest BCUT2D eigenvalue weighted by Gasteiger charge is -2.09. The Labute approximate surface area is 179 Å². The van der Waals surface area contributed by atoms with Crippen molar-refractivity contribution < 1.29 is 22.4 Å². The predicted octanol–water partition coefficient (Wildman–Crippen LogP) is 3.51. The summed E-state index contributed by atoms with van der Waals surface area (Å²) in [7, 11) is -3.37. The van der Waals surface area contributed by atoms with Crippen LogP contribution in [0.2, 0.25) is 0 Å². The van der Waals surface area contributed by atoms with Gasteiger partial charge in [-0.1, -0.05) is 24.3 Å². The zero-order valence-corrected chi connectivity index (χ0v) is 17.6. The van der Waals surface area contributed by atoms with Gasteiger partial charge in [0.1, 0.15) is 17.9 Å². The van der Waals surface area contributed by atoms with Gasteiger partial charge in [-0.25, -0.2) is 8.42 Å². The fourth-order valence-electron chi connectivity index (χ4n) is 3.23. The lowest BCUT2D eigenvalue weighted by Crippen LogP contribution is -2.14. The molecule has 160 valence electrons. The van der Waals surface area contributed by atoms with E-state index in [9.17, 15) is 13.2 Å². The van der Waals surface area contributed by atoms with Crippen LogP contribution in [0.3, 0.4) is 0 Å². The number of amides is 1. The molecular weight excluding hydrogens is 418 g/mol. The van der Waals surface area contributed by atoms with E-state index in [0.29, 0.717) is 41.1 Å². The van der Waals surface area contributed by atoms with Gasteiger partial charge in [-0.3, -0.25) is 9.48 Å². The van der Waals surface area contributed by atoms with Crippen LogP contribution in [-0.4, -0.2) is 37.0 Å². The van der Waals surface area contributed by atoms with Crippen molar-refractivity contribution in [2.45, 2.75) is 12.3 Å². The third-order valence-corrected chi connectivity index (χ3v) is 5.36. The Kier molecular flexibility index (Phi) is 5.77. The molecule has 31 heavy (non-hydrogen) atoms. The summed E-state index contributed by atoms with van der Waals surface area (Å²) in [6.45, 7) is 1.01. The van der Waals surface area contributed by atoms with Crippen LogP contribution in [0.5, 0.6) is 5.75 Å². The first-order valence-corrected chi connectivity index (χ1v) is 11.6. The number of furan rings is 1. The summed E-state index contributed by atoms with van der Waals surface area (Å²) in [4.78, 5) is 12.9. The van der Waals surface area contributed by atoms with E-state index in [4.69, 9.17) is 9.15 Å². The van der Waals surface area contributed by atoms with E-state index in [0.717, 1.165) is 6.26 Å². The van der Waals surface area contributed by atoms with Gasteiger partial charge < -0.3 is 14.5 Å². The van der Waals surface area contributed by atoms with Crippen molar-refractivity contribution >= 4 is 32.4 Å². The minimum atomic E-state index is -3.37. The summed E-state index contributed by atoms with van der Waals surface area (Å²) in [5, 5.41) is 7.49. The number of nitrogens with zero attached hydrogens (tertiary/aromatic N) is 2. The van der Waals surface area contributed by atoms with Crippen molar-refractivity contribution in [1.82, 2.24) is 9.78 Å². The number of hydrogen-bond donors (Lipinski definition) is 1. The minimum absolute atomic E-state index is 0.0170. The van der Waals surface area contributed by atoms with Crippen LogP contribution in [0.4, 0.5) is 5.69 Å². The van der Waals surface area contributed by atoms with Crippen molar-refractivity contribution in [3.8, 4) is 5.75 Å². The third kappa shape index (κ3) is 5.13. The normalized spacial score (nSPS) is 11.5. The van der Waals surface area contributed by atoms with Crippen molar-refractivity contribution in [3.63, 3.8) is 0 Å². The zero-order valence-electron chi connectivity index (χ0n) is 16.8. The van der Waals surface area contributed by atoms with Crippen molar-refractivity contribution in [1.29, 1.82) is 0 Å². The monoisotopic (exact) mass is 439 g/mol. The maximum Gasteiger partial charge on any atom is 0.291 e. The molecule has 2 heterocycles. The molecule has 9 heteroatoms. The van der Waals surface area contributed by atoms with Crippen LogP contribution in [0.15, 0.2) is 71.4 Å². The molecule has 1 amide bonds. The molecule has 0 aliphatic heterocycles. The Morgan fingerprint density at radius 3 is 2.77 bits per heavy atom. The first-order valence-electron chi connectivity index (χ1n) is 9.59. The van der Waals surface area contributed by atoms with E-state index in [1.165, 1.54) is 0 Å². The highest BCUT2D eigenvalue weighted by Crippen LogP contribution is 2.28. The topological polar surface area (TPSA) is 103 Å². The molecule has 0 saturated carbocycles. The van der Waals surface area contributed by atoms with Gasteiger partial charge in [0.15, 0.2) is 15.6 Å². The fraction of sp³-hybridized carbons (Fsp3) is 0.182. The number of aromatic nitrogens is 2. The number of carbonyl (C=O) groups is 1. The second kappa shape index (κ2) is 8.65. The maximum absolute atomic E-state index is 12.9. The molecule has 0 saturated heterocycles. The largest absolute Gasteiger partial charge is 0.492 e.